The number of carbonyl (C=O) groups excluding carboxylic acids is 1. The molecule has 3 unspecified atom stereocenters. The number of carbonyl (C=O) groups is 2. The Labute approximate surface area is 125 Å². The second-order valence-electron chi connectivity index (χ2n) is 5.85. The smallest absolute Gasteiger partial charge is 0.320 e. The van der Waals surface area contributed by atoms with E-state index in [2.05, 4.69) is 5.32 Å². The van der Waals surface area contributed by atoms with Crippen molar-refractivity contribution >= 4 is 12.0 Å². The number of rotatable bonds is 4. The monoisotopic (exact) mass is 299 g/mol. The van der Waals surface area contributed by atoms with Gasteiger partial charge in [0.2, 0.25) is 0 Å². The average Bonchev–Trinajstić information content (AvgIpc) is 2.89. The molecule has 0 aliphatic carbocycles. The Morgan fingerprint density at radius 1 is 1.33 bits per heavy atom. The van der Waals surface area contributed by atoms with Gasteiger partial charge in [-0.1, -0.05) is 0 Å². The van der Waals surface area contributed by atoms with Crippen molar-refractivity contribution in [3.63, 3.8) is 0 Å². The van der Waals surface area contributed by atoms with Crippen LogP contribution in [0.4, 0.5) is 4.79 Å². The molecular weight excluding hydrogens is 274 g/mol. The first-order valence-electron chi connectivity index (χ1n) is 7.60. The number of carboxylic acid groups (broad SMARTS) is 1. The van der Waals surface area contributed by atoms with Crippen LogP contribution in [0, 0.1) is 5.92 Å². The maximum Gasteiger partial charge on any atom is 0.320 e. The van der Waals surface area contributed by atoms with Crippen LogP contribution >= 0.6 is 0 Å². The van der Waals surface area contributed by atoms with Crippen LogP contribution in [0.15, 0.2) is 0 Å². The third kappa shape index (κ3) is 4.07. The normalized spacial score (nSPS) is 28.4. The molecule has 7 nitrogen and oxygen atoms in total. The average molecular weight is 299 g/mol. The van der Waals surface area contributed by atoms with E-state index in [1.165, 1.54) is 0 Å². The largest absolute Gasteiger partial charge is 0.480 e. The summed E-state index contributed by atoms with van der Waals surface area (Å²) in [7, 11) is 0. The van der Waals surface area contributed by atoms with Crippen LogP contribution in [0.5, 0.6) is 0 Å². The van der Waals surface area contributed by atoms with Crippen molar-refractivity contribution in [1.82, 2.24) is 15.1 Å². The van der Waals surface area contributed by atoms with Gasteiger partial charge in [0.15, 0.2) is 0 Å². The summed E-state index contributed by atoms with van der Waals surface area (Å²) in [5.74, 6) is -0.426. The standard InChI is InChI=1S/C14H25N3O4/c1-10(13(18)19)16-4-6-17(7-5-16)14(20)15-9-12-3-8-21-11(12)2/h10-12H,3-9H2,1-2H3,(H,15,20)(H,18,19). The van der Waals surface area contributed by atoms with Crippen molar-refractivity contribution in [2.45, 2.75) is 32.4 Å². The fourth-order valence-corrected chi connectivity index (χ4v) is 2.84. The molecule has 0 aromatic rings. The molecule has 0 saturated carbocycles. The molecule has 0 spiro atoms. The van der Waals surface area contributed by atoms with Gasteiger partial charge in [-0.3, -0.25) is 9.69 Å². The zero-order valence-corrected chi connectivity index (χ0v) is 12.7. The predicted molar refractivity (Wildman–Crippen MR) is 77.2 cm³/mol. The van der Waals surface area contributed by atoms with Crippen molar-refractivity contribution in [3.8, 4) is 0 Å². The summed E-state index contributed by atoms with van der Waals surface area (Å²) < 4.78 is 5.48. The van der Waals surface area contributed by atoms with Gasteiger partial charge in [-0.05, 0) is 20.3 Å². The van der Waals surface area contributed by atoms with Crippen LogP contribution in [0.1, 0.15) is 20.3 Å². The highest BCUT2D eigenvalue weighted by Crippen LogP contribution is 2.19. The highest BCUT2D eigenvalue weighted by Gasteiger charge is 2.28. The lowest BCUT2D eigenvalue weighted by Crippen LogP contribution is -2.55. The Balaban J connectivity index is 1.71. The molecule has 2 aliphatic rings. The van der Waals surface area contributed by atoms with E-state index in [0.717, 1.165) is 13.0 Å². The number of carboxylic acids is 1. The summed E-state index contributed by atoms with van der Waals surface area (Å²) in [5, 5.41) is 12.0. The van der Waals surface area contributed by atoms with Crippen LogP contribution in [0.25, 0.3) is 0 Å². The van der Waals surface area contributed by atoms with Crippen LogP contribution in [-0.4, -0.2) is 78.4 Å². The van der Waals surface area contributed by atoms with E-state index in [1.807, 2.05) is 11.8 Å². The third-order valence-electron chi connectivity index (χ3n) is 4.56. The Kier molecular flexibility index (Phi) is 5.41. The van der Waals surface area contributed by atoms with Gasteiger partial charge in [-0.25, -0.2) is 4.79 Å². The molecule has 2 amide bonds. The number of hydrogen-bond acceptors (Lipinski definition) is 4. The first kappa shape index (κ1) is 16.0. The van der Waals surface area contributed by atoms with E-state index >= 15 is 0 Å². The first-order valence-corrected chi connectivity index (χ1v) is 7.60. The van der Waals surface area contributed by atoms with Crippen molar-refractivity contribution in [3.05, 3.63) is 0 Å². The molecular formula is C14H25N3O4. The first-order chi connectivity index (χ1) is 9.99. The topological polar surface area (TPSA) is 82.1 Å². The van der Waals surface area contributed by atoms with Gasteiger partial charge in [0.25, 0.3) is 0 Å². The van der Waals surface area contributed by atoms with E-state index in [0.29, 0.717) is 38.6 Å². The highest BCUT2D eigenvalue weighted by atomic mass is 16.5. The third-order valence-corrected chi connectivity index (χ3v) is 4.56. The van der Waals surface area contributed by atoms with E-state index in [-0.39, 0.29) is 12.1 Å². The summed E-state index contributed by atoms with van der Waals surface area (Å²) >= 11 is 0. The fraction of sp³-hybridized carbons (Fsp3) is 0.857. The predicted octanol–water partition coefficient (Wildman–Crippen LogP) is 0.212. The zero-order chi connectivity index (χ0) is 15.4. The van der Waals surface area contributed by atoms with E-state index in [4.69, 9.17) is 9.84 Å². The summed E-state index contributed by atoms with van der Waals surface area (Å²) in [6.45, 7) is 7.47. The van der Waals surface area contributed by atoms with Crippen molar-refractivity contribution in [2.24, 2.45) is 5.92 Å². The minimum atomic E-state index is -0.817. The molecule has 2 fully saturated rings. The highest BCUT2D eigenvalue weighted by molar-refractivity contribution is 5.75. The second kappa shape index (κ2) is 7.09. The molecule has 2 aliphatic heterocycles. The van der Waals surface area contributed by atoms with Gasteiger partial charge in [-0.15, -0.1) is 0 Å². The Bertz CT molecular complexity index is 382. The van der Waals surface area contributed by atoms with Gasteiger partial charge in [0.1, 0.15) is 6.04 Å². The Morgan fingerprint density at radius 2 is 2.00 bits per heavy atom. The number of amides is 2. The van der Waals surface area contributed by atoms with E-state index in [9.17, 15) is 9.59 Å². The molecule has 7 heteroatoms. The van der Waals surface area contributed by atoms with Gasteiger partial charge in [-0.2, -0.15) is 0 Å². The van der Waals surface area contributed by atoms with Crippen LogP contribution in [-0.2, 0) is 9.53 Å². The molecule has 2 N–H and O–H groups in total. The maximum absolute atomic E-state index is 12.1. The SMILES string of the molecule is CC1OCCC1CNC(=O)N1CCN(C(C)C(=O)O)CC1. The summed E-state index contributed by atoms with van der Waals surface area (Å²) in [5.41, 5.74) is 0. The van der Waals surface area contributed by atoms with Gasteiger partial charge >= 0.3 is 12.0 Å². The molecule has 21 heavy (non-hydrogen) atoms. The molecule has 0 radical (unpaired) electrons. The maximum atomic E-state index is 12.1. The van der Waals surface area contributed by atoms with E-state index in [1.54, 1.807) is 11.8 Å². The molecule has 2 saturated heterocycles. The quantitative estimate of drug-likeness (QED) is 0.775. The molecule has 0 bridgehead atoms. The van der Waals surface area contributed by atoms with Crippen molar-refractivity contribution in [1.29, 1.82) is 0 Å². The second-order valence-corrected chi connectivity index (χ2v) is 5.85. The van der Waals surface area contributed by atoms with Gasteiger partial charge < -0.3 is 20.1 Å². The number of urea groups is 1. The molecule has 3 atom stereocenters. The summed E-state index contributed by atoms with van der Waals surface area (Å²) in [4.78, 5) is 26.7. The van der Waals surface area contributed by atoms with Crippen molar-refractivity contribution in [2.75, 3.05) is 39.3 Å². The van der Waals surface area contributed by atoms with Crippen LogP contribution < -0.4 is 5.32 Å². The number of nitrogens with one attached hydrogen (secondary N) is 1. The number of nitrogens with zero attached hydrogens (tertiary/aromatic N) is 2. The minimum Gasteiger partial charge on any atom is -0.480 e. The number of piperazine rings is 1. The zero-order valence-electron chi connectivity index (χ0n) is 12.7. The number of ether oxygens (including phenoxy) is 1. The molecule has 2 heterocycles. The minimum absolute atomic E-state index is 0.0586. The lowest BCUT2D eigenvalue weighted by Gasteiger charge is -2.36. The van der Waals surface area contributed by atoms with E-state index < -0.39 is 12.0 Å². The Hall–Kier alpha value is -1.34. The van der Waals surface area contributed by atoms with Crippen molar-refractivity contribution < 1.29 is 19.4 Å². The number of aliphatic carboxylic acids is 1. The van der Waals surface area contributed by atoms with Gasteiger partial charge in [0, 0.05) is 45.2 Å². The summed E-state index contributed by atoms with van der Waals surface area (Å²) in [6, 6.07) is -0.552. The van der Waals surface area contributed by atoms with Crippen LogP contribution in [0.2, 0.25) is 0 Å². The lowest BCUT2D eigenvalue weighted by molar-refractivity contribution is -0.143. The summed E-state index contributed by atoms with van der Waals surface area (Å²) in [6.07, 6.45) is 1.20. The molecule has 0 aromatic carbocycles. The van der Waals surface area contributed by atoms with Crippen LogP contribution in [0.3, 0.4) is 0 Å². The fourth-order valence-electron chi connectivity index (χ4n) is 2.84. The molecule has 120 valence electrons. The molecule has 0 aromatic heterocycles. The Morgan fingerprint density at radius 3 is 2.52 bits per heavy atom. The molecule has 2 rings (SSSR count). The van der Waals surface area contributed by atoms with Gasteiger partial charge in [0.05, 0.1) is 6.10 Å². The lowest BCUT2D eigenvalue weighted by atomic mass is 10.0. The number of hydrogen-bond donors (Lipinski definition) is 2.